The molecule has 2 aromatic carbocycles. The van der Waals surface area contributed by atoms with Crippen LogP contribution in [-0.4, -0.2) is 15.3 Å². The fourth-order valence-corrected chi connectivity index (χ4v) is 3.22. The van der Waals surface area contributed by atoms with Crippen molar-refractivity contribution in [3.63, 3.8) is 0 Å². The first-order valence-corrected chi connectivity index (χ1v) is 7.90. The highest BCUT2D eigenvalue weighted by Crippen LogP contribution is 2.34. The molecular weight excluding hydrogens is 376 g/mol. The standard InChI is InChI=1S/C17H11Cl2F3N2O/c1-8-6-9(17(20,21)22)7-12-14(8)23-16(24(12)2)15(25)13-10(18)4-3-5-11(13)19/h3-7H,1-2H3. The van der Waals surface area contributed by atoms with Crippen molar-refractivity contribution >= 4 is 40.0 Å². The average molecular weight is 387 g/mol. The highest BCUT2D eigenvalue weighted by atomic mass is 35.5. The summed E-state index contributed by atoms with van der Waals surface area (Å²) in [4.78, 5) is 17.0. The number of hydrogen-bond acceptors (Lipinski definition) is 2. The van der Waals surface area contributed by atoms with Gasteiger partial charge < -0.3 is 4.57 Å². The zero-order valence-electron chi connectivity index (χ0n) is 13.1. The molecule has 1 aromatic heterocycles. The summed E-state index contributed by atoms with van der Waals surface area (Å²) >= 11 is 12.1. The minimum Gasteiger partial charge on any atom is -0.324 e. The first-order valence-electron chi connectivity index (χ1n) is 7.14. The first-order chi connectivity index (χ1) is 11.6. The Kier molecular flexibility index (Phi) is 4.29. The van der Waals surface area contributed by atoms with E-state index in [1.165, 1.54) is 30.7 Å². The number of nitrogens with zero attached hydrogens (tertiary/aromatic N) is 2. The van der Waals surface area contributed by atoms with Crippen LogP contribution in [0, 0.1) is 6.92 Å². The number of aryl methyl sites for hydroxylation is 2. The predicted octanol–water partition coefficient (Wildman–Crippen LogP) is 5.44. The van der Waals surface area contributed by atoms with Gasteiger partial charge in [-0.25, -0.2) is 4.98 Å². The van der Waals surface area contributed by atoms with Gasteiger partial charge in [-0.2, -0.15) is 13.2 Å². The molecule has 0 N–H and O–H groups in total. The Hall–Kier alpha value is -2.05. The smallest absolute Gasteiger partial charge is 0.324 e. The summed E-state index contributed by atoms with van der Waals surface area (Å²) in [5, 5.41) is 0.300. The van der Waals surface area contributed by atoms with Crippen molar-refractivity contribution in [2.45, 2.75) is 13.1 Å². The van der Waals surface area contributed by atoms with Crippen LogP contribution in [0.1, 0.15) is 27.3 Å². The number of imidazole rings is 1. The van der Waals surface area contributed by atoms with Gasteiger partial charge in [-0.15, -0.1) is 0 Å². The van der Waals surface area contributed by atoms with E-state index in [0.717, 1.165) is 12.1 Å². The summed E-state index contributed by atoms with van der Waals surface area (Å²) in [6, 6.07) is 6.59. The summed E-state index contributed by atoms with van der Waals surface area (Å²) in [7, 11) is 1.48. The summed E-state index contributed by atoms with van der Waals surface area (Å²) in [5.41, 5.74) is 0.124. The third-order valence-corrected chi connectivity index (χ3v) is 4.53. The second-order valence-electron chi connectivity index (χ2n) is 5.58. The summed E-state index contributed by atoms with van der Waals surface area (Å²) in [5.74, 6) is -0.588. The molecule has 130 valence electrons. The van der Waals surface area contributed by atoms with Crippen molar-refractivity contribution in [2.75, 3.05) is 0 Å². The fraction of sp³-hybridized carbons (Fsp3) is 0.176. The Bertz CT molecular complexity index is 989. The van der Waals surface area contributed by atoms with Crippen LogP contribution in [0.5, 0.6) is 0 Å². The van der Waals surface area contributed by atoms with Crippen LogP contribution >= 0.6 is 23.2 Å². The lowest BCUT2D eigenvalue weighted by Gasteiger charge is -2.09. The third kappa shape index (κ3) is 3.00. The molecule has 0 saturated carbocycles. The van der Waals surface area contributed by atoms with Crippen LogP contribution < -0.4 is 0 Å². The molecule has 8 heteroatoms. The van der Waals surface area contributed by atoms with Crippen molar-refractivity contribution in [1.82, 2.24) is 9.55 Å². The molecule has 0 aliphatic rings. The number of hydrogen-bond donors (Lipinski definition) is 0. The van der Waals surface area contributed by atoms with E-state index in [4.69, 9.17) is 23.2 Å². The zero-order valence-corrected chi connectivity index (χ0v) is 14.6. The number of rotatable bonds is 2. The second-order valence-corrected chi connectivity index (χ2v) is 6.39. The molecule has 0 spiro atoms. The molecule has 0 unspecified atom stereocenters. The molecule has 0 amide bonds. The van der Waals surface area contributed by atoms with Gasteiger partial charge in [0.1, 0.15) is 0 Å². The zero-order chi connectivity index (χ0) is 18.5. The van der Waals surface area contributed by atoms with Gasteiger partial charge in [0.2, 0.25) is 5.78 Å². The van der Waals surface area contributed by atoms with Crippen LogP contribution in [0.4, 0.5) is 13.2 Å². The van der Waals surface area contributed by atoms with Crippen molar-refractivity contribution < 1.29 is 18.0 Å². The van der Waals surface area contributed by atoms with E-state index in [2.05, 4.69) is 4.98 Å². The van der Waals surface area contributed by atoms with Gasteiger partial charge in [-0.05, 0) is 36.8 Å². The van der Waals surface area contributed by atoms with Crippen LogP contribution in [0.2, 0.25) is 10.0 Å². The number of aromatic nitrogens is 2. The summed E-state index contributed by atoms with van der Waals surface area (Å²) in [6.07, 6.45) is -4.49. The monoisotopic (exact) mass is 386 g/mol. The minimum atomic E-state index is -4.49. The van der Waals surface area contributed by atoms with Crippen molar-refractivity contribution in [3.8, 4) is 0 Å². The lowest BCUT2D eigenvalue weighted by molar-refractivity contribution is -0.137. The lowest BCUT2D eigenvalue weighted by Crippen LogP contribution is -2.10. The maximum atomic E-state index is 13.0. The summed E-state index contributed by atoms with van der Waals surface area (Å²) in [6.45, 7) is 1.52. The maximum Gasteiger partial charge on any atom is 0.416 e. The van der Waals surface area contributed by atoms with Gasteiger partial charge in [-0.3, -0.25) is 4.79 Å². The molecule has 0 saturated heterocycles. The number of ketones is 1. The van der Waals surface area contributed by atoms with Gasteiger partial charge in [0.25, 0.3) is 0 Å². The number of alkyl halides is 3. The number of carbonyl (C=O) groups is 1. The van der Waals surface area contributed by atoms with Gasteiger partial charge in [0, 0.05) is 7.05 Å². The van der Waals surface area contributed by atoms with E-state index in [-0.39, 0.29) is 26.9 Å². The van der Waals surface area contributed by atoms with Crippen LogP contribution in [-0.2, 0) is 13.2 Å². The van der Waals surface area contributed by atoms with Crippen LogP contribution in [0.3, 0.4) is 0 Å². The Morgan fingerprint density at radius 2 is 1.76 bits per heavy atom. The number of halogens is 5. The van der Waals surface area contributed by atoms with E-state index in [0.29, 0.717) is 11.1 Å². The molecule has 0 aliphatic heterocycles. The van der Waals surface area contributed by atoms with Crippen LogP contribution in [0.25, 0.3) is 11.0 Å². The molecule has 0 radical (unpaired) electrons. The Labute approximate surface area is 151 Å². The van der Waals surface area contributed by atoms with Gasteiger partial charge in [-0.1, -0.05) is 29.3 Å². The highest BCUT2D eigenvalue weighted by molar-refractivity contribution is 6.40. The lowest BCUT2D eigenvalue weighted by atomic mass is 10.1. The van der Waals surface area contributed by atoms with Gasteiger partial charge >= 0.3 is 6.18 Å². The first kappa shape index (κ1) is 17.8. The van der Waals surface area contributed by atoms with Crippen molar-refractivity contribution in [2.24, 2.45) is 7.05 Å². The van der Waals surface area contributed by atoms with Crippen LogP contribution in [0.15, 0.2) is 30.3 Å². The molecule has 3 aromatic rings. The summed E-state index contributed by atoms with van der Waals surface area (Å²) < 4.78 is 40.4. The van der Waals surface area contributed by atoms with E-state index in [9.17, 15) is 18.0 Å². The third-order valence-electron chi connectivity index (χ3n) is 3.90. The highest BCUT2D eigenvalue weighted by Gasteiger charge is 2.32. The normalized spacial score (nSPS) is 12.0. The second kappa shape index (κ2) is 6.04. The number of carbonyl (C=O) groups excluding carboxylic acids is 1. The predicted molar refractivity (Wildman–Crippen MR) is 90.3 cm³/mol. The van der Waals surface area contributed by atoms with E-state index in [1.807, 2.05) is 0 Å². The Balaban J connectivity index is 2.23. The molecule has 0 aliphatic carbocycles. The SMILES string of the molecule is Cc1cc(C(F)(F)F)cc2c1nc(C(=O)c1c(Cl)cccc1Cl)n2C. The molecule has 0 bridgehead atoms. The van der Waals surface area contributed by atoms with E-state index < -0.39 is 17.5 Å². The Morgan fingerprint density at radius 3 is 2.32 bits per heavy atom. The largest absolute Gasteiger partial charge is 0.416 e. The Morgan fingerprint density at radius 1 is 1.16 bits per heavy atom. The van der Waals surface area contributed by atoms with Crippen molar-refractivity contribution in [3.05, 3.63) is 62.9 Å². The van der Waals surface area contributed by atoms with E-state index in [1.54, 1.807) is 6.07 Å². The molecule has 25 heavy (non-hydrogen) atoms. The molecule has 0 atom stereocenters. The molecule has 0 fully saturated rings. The number of benzene rings is 2. The van der Waals surface area contributed by atoms with Gasteiger partial charge in [0.15, 0.2) is 5.82 Å². The quantitative estimate of drug-likeness (QED) is 0.549. The van der Waals surface area contributed by atoms with E-state index >= 15 is 0 Å². The maximum absolute atomic E-state index is 13.0. The number of fused-ring (bicyclic) bond motifs is 1. The molecular formula is C17H11Cl2F3N2O. The van der Waals surface area contributed by atoms with Crippen molar-refractivity contribution in [1.29, 1.82) is 0 Å². The molecule has 3 rings (SSSR count). The van der Waals surface area contributed by atoms with Gasteiger partial charge in [0.05, 0.1) is 32.2 Å². The fourth-order valence-electron chi connectivity index (χ4n) is 2.65. The average Bonchev–Trinajstić information content (AvgIpc) is 2.84. The molecule has 3 nitrogen and oxygen atoms in total. The molecule has 1 heterocycles. The minimum absolute atomic E-state index is 0.0348. The topological polar surface area (TPSA) is 34.9 Å².